The number of methoxy groups -OCH3 is 1. The van der Waals surface area contributed by atoms with Gasteiger partial charge < -0.3 is 15.3 Å². The van der Waals surface area contributed by atoms with Gasteiger partial charge in [0, 0.05) is 11.8 Å². The van der Waals surface area contributed by atoms with E-state index in [0.29, 0.717) is 6.42 Å². The third-order valence-electron chi connectivity index (χ3n) is 3.70. The van der Waals surface area contributed by atoms with E-state index in [1.165, 1.54) is 7.11 Å². The Morgan fingerprint density at radius 1 is 1.50 bits per heavy atom. The summed E-state index contributed by atoms with van der Waals surface area (Å²) in [4.78, 5) is 11.8. The Bertz CT molecular complexity index is 589. The molecule has 0 heterocycles. The van der Waals surface area contributed by atoms with Crippen LogP contribution in [0.2, 0.25) is 0 Å². The third kappa shape index (κ3) is 2.03. The van der Waals surface area contributed by atoms with Crippen LogP contribution in [0.4, 0.5) is 0 Å². The van der Waals surface area contributed by atoms with Gasteiger partial charge in [0.05, 0.1) is 12.8 Å². The van der Waals surface area contributed by atoms with E-state index in [4.69, 9.17) is 5.41 Å². The second-order valence-electron chi connectivity index (χ2n) is 4.81. The van der Waals surface area contributed by atoms with Crippen LogP contribution < -0.4 is 0 Å². The number of aliphatic hydroxyl groups excluding tert-OH is 1. The fourth-order valence-electron chi connectivity index (χ4n) is 2.71. The highest BCUT2D eigenvalue weighted by Crippen LogP contribution is 2.44. The maximum atomic E-state index is 11.8. The Morgan fingerprint density at radius 3 is 2.70 bits per heavy atom. The Balaban J connectivity index is 2.52. The van der Waals surface area contributed by atoms with Crippen molar-refractivity contribution in [2.75, 3.05) is 7.11 Å². The first kappa shape index (κ1) is 14.1. The van der Waals surface area contributed by atoms with Gasteiger partial charge in [-0.25, -0.2) is 4.79 Å². The molecule has 1 aliphatic carbocycles. The molecule has 2 rings (SSSR count). The van der Waals surface area contributed by atoms with Crippen LogP contribution >= 0.6 is 0 Å². The lowest BCUT2D eigenvalue weighted by atomic mass is 9.73. The summed E-state index contributed by atoms with van der Waals surface area (Å²) in [7, 11) is 1.24. The molecular formula is C16H17NO3. The van der Waals surface area contributed by atoms with E-state index in [1.807, 2.05) is 30.3 Å². The number of rotatable bonds is 4. The van der Waals surface area contributed by atoms with Crippen LogP contribution in [0.25, 0.3) is 0 Å². The van der Waals surface area contributed by atoms with Crippen LogP contribution in [0, 0.1) is 5.41 Å². The van der Waals surface area contributed by atoms with Crippen molar-refractivity contribution in [3.8, 4) is 0 Å². The summed E-state index contributed by atoms with van der Waals surface area (Å²) in [6.45, 7) is 3.73. The molecule has 0 aromatic heterocycles. The van der Waals surface area contributed by atoms with Gasteiger partial charge in [0.1, 0.15) is 11.3 Å². The average Bonchev–Trinajstić information content (AvgIpc) is 2.72. The highest BCUT2D eigenvalue weighted by molar-refractivity contribution is 6.24. The molecule has 0 amide bonds. The SMILES string of the molecule is C=CCC1(c2ccccc2)CC(O)=C(C(=O)OC)C1=N. The normalized spacial score (nSPS) is 21.9. The molecule has 0 radical (unpaired) electrons. The molecule has 2 N–H and O–H groups in total. The maximum absolute atomic E-state index is 11.8. The number of benzene rings is 1. The first-order chi connectivity index (χ1) is 9.56. The summed E-state index contributed by atoms with van der Waals surface area (Å²) in [5, 5.41) is 18.4. The molecule has 1 aliphatic rings. The largest absolute Gasteiger partial charge is 0.511 e. The molecule has 0 bridgehead atoms. The zero-order valence-corrected chi connectivity index (χ0v) is 11.3. The summed E-state index contributed by atoms with van der Waals surface area (Å²) < 4.78 is 4.66. The van der Waals surface area contributed by atoms with E-state index >= 15 is 0 Å². The van der Waals surface area contributed by atoms with Crippen molar-refractivity contribution in [3.63, 3.8) is 0 Å². The monoisotopic (exact) mass is 271 g/mol. The Kier molecular flexibility index (Phi) is 3.74. The van der Waals surface area contributed by atoms with E-state index in [1.54, 1.807) is 6.08 Å². The van der Waals surface area contributed by atoms with E-state index in [-0.39, 0.29) is 23.5 Å². The minimum atomic E-state index is -0.739. The van der Waals surface area contributed by atoms with Gasteiger partial charge in [-0.3, -0.25) is 0 Å². The zero-order valence-electron chi connectivity index (χ0n) is 11.3. The molecule has 4 nitrogen and oxygen atoms in total. The van der Waals surface area contributed by atoms with Crippen LogP contribution in [0.5, 0.6) is 0 Å². The number of hydrogen-bond donors (Lipinski definition) is 2. The van der Waals surface area contributed by atoms with E-state index in [9.17, 15) is 9.90 Å². The van der Waals surface area contributed by atoms with Gasteiger partial charge in [0.15, 0.2) is 0 Å². The van der Waals surface area contributed by atoms with Crippen LogP contribution in [0.15, 0.2) is 54.3 Å². The lowest BCUT2D eigenvalue weighted by molar-refractivity contribution is -0.135. The molecule has 104 valence electrons. The van der Waals surface area contributed by atoms with Crippen molar-refractivity contribution in [2.45, 2.75) is 18.3 Å². The standard InChI is InChI=1S/C16H17NO3/c1-3-9-16(11-7-5-4-6-8-11)10-12(18)13(14(16)17)15(19)20-2/h3-8,17-18H,1,9-10H2,2H3. The lowest BCUT2D eigenvalue weighted by Crippen LogP contribution is -2.33. The molecule has 1 atom stereocenters. The molecule has 1 unspecified atom stereocenters. The van der Waals surface area contributed by atoms with Crippen molar-refractivity contribution in [2.24, 2.45) is 0 Å². The van der Waals surface area contributed by atoms with Crippen LogP contribution in [-0.2, 0) is 14.9 Å². The molecule has 0 aliphatic heterocycles. The number of allylic oxidation sites excluding steroid dienone is 2. The number of hydrogen-bond acceptors (Lipinski definition) is 4. The summed E-state index contributed by atoms with van der Waals surface area (Å²) in [5.41, 5.74) is 0.206. The Hall–Kier alpha value is -2.36. The Labute approximate surface area is 117 Å². The number of carbonyl (C=O) groups excluding carboxylic acids is 1. The van der Waals surface area contributed by atoms with Crippen molar-refractivity contribution >= 4 is 11.7 Å². The molecule has 20 heavy (non-hydrogen) atoms. The first-order valence-electron chi connectivity index (χ1n) is 6.33. The second-order valence-corrected chi connectivity index (χ2v) is 4.81. The van der Waals surface area contributed by atoms with E-state index in [2.05, 4.69) is 11.3 Å². The number of ether oxygens (including phenoxy) is 1. The fourth-order valence-corrected chi connectivity index (χ4v) is 2.71. The van der Waals surface area contributed by atoms with Crippen molar-refractivity contribution < 1.29 is 14.6 Å². The first-order valence-corrected chi connectivity index (χ1v) is 6.33. The predicted octanol–water partition coefficient (Wildman–Crippen LogP) is 2.91. The summed E-state index contributed by atoms with van der Waals surface area (Å²) in [6, 6.07) is 9.43. The molecule has 0 fully saturated rings. The number of aliphatic hydroxyl groups is 1. The van der Waals surface area contributed by atoms with Crippen molar-refractivity contribution in [1.29, 1.82) is 5.41 Å². The smallest absolute Gasteiger partial charge is 0.343 e. The lowest BCUT2D eigenvalue weighted by Gasteiger charge is -2.29. The van der Waals surface area contributed by atoms with Gasteiger partial charge in [0.2, 0.25) is 0 Å². The van der Waals surface area contributed by atoms with Gasteiger partial charge in [-0.15, -0.1) is 6.58 Å². The molecule has 0 saturated carbocycles. The van der Waals surface area contributed by atoms with Gasteiger partial charge in [-0.1, -0.05) is 36.4 Å². The topological polar surface area (TPSA) is 70.4 Å². The number of carbonyl (C=O) groups is 1. The Morgan fingerprint density at radius 2 is 2.15 bits per heavy atom. The minimum absolute atomic E-state index is 0.0294. The van der Waals surface area contributed by atoms with Gasteiger partial charge in [-0.05, 0) is 12.0 Å². The van der Waals surface area contributed by atoms with Crippen LogP contribution in [0.3, 0.4) is 0 Å². The number of esters is 1. The van der Waals surface area contributed by atoms with E-state index < -0.39 is 11.4 Å². The molecular weight excluding hydrogens is 254 g/mol. The van der Waals surface area contributed by atoms with Gasteiger partial charge >= 0.3 is 5.97 Å². The quantitative estimate of drug-likeness (QED) is 0.653. The summed E-state index contributed by atoms with van der Waals surface area (Å²) in [6.07, 6.45) is 2.39. The van der Waals surface area contributed by atoms with Crippen LogP contribution in [0.1, 0.15) is 18.4 Å². The van der Waals surface area contributed by atoms with Gasteiger partial charge in [0.25, 0.3) is 0 Å². The highest BCUT2D eigenvalue weighted by atomic mass is 16.5. The molecule has 1 aromatic carbocycles. The third-order valence-corrected chi connectivity index (χ3v) is 3.70. The van der Waals surface area contributed by atoms with Crippen molar-refractivity contribution in [1.82, 2.24) is 0 Å². The van der Waals surface area contributed by atoms with E-state index in [0.717, 1.165) is 5.56 Å². The zero-order chi connectivity index (χ0) is 14.8. The minimum Gasteiger partial charge on any atom is -0.511 e. The average molecular weight is 271 g/mol. The molecule has 0 saturated heterocycles. The fraction of sp³-hybridized carbons (Fsp3) is 0.250. The highest BCUT2D eigenvalue weighted by Gasteiger charge is 2.47. The van der Waals surface area contributed by atoms with Crippen molar-refractivity contribution in [3.05, 3.63) is 59.9 Å². The summed E-state index contributed by atoms with van der Waals surface area (Å²) in [5.74, 6) is -0.762. The second kappa shape index (κ2) is 5.33. The number of nitrogens with one attached hydrogen (secondary N) is 1. The molecule has 4 heteroatoms. The maximum Gasteiger partial charge on any atom is 0.343 e. The predicted molar refractivity (Wildman–Crippen MR) is 76.9 cm³/mol. The molecule has 1 aromatic rings. The summed E-state index contributed by atoms with van der Waals surface area (Å²) >= 11 is 0. The van der Waals surface area contributed by atoms with Crippen LogP contribution in [-0.4, -0.2) is 23.9 Å². The van der Waals surface area contributed by atoms with Gasteiger partial charge in [-0.2, -0.15) is 0 Å². The molecule has 0 spiro atoms.